The highest BCUT2D eigenvalue weighted by atomic mass is 32.2. The summed E-state index contributed by atoms with van der Waals surface area (Å²) in [6.07, 6.45) is 12.4. The number of hydrogen-bond acceptors (Lipinski definition) is 5. The number of pyridine rings is 1. The summed E-state index contributed by atoms with van der Waals surface area (Å²) in [7, 11) is 1.34. The Morgan fingerprint density at radius 1 is 1.57 bits per heavy atom. The number of ether oxygens (including phenoxy) is 1. The molecule has 0 fully saturated rings. The van der Waals surface area contributed by atoms with Gasteiger partial charge in [0.1, 0.15) is 5.69 Å². The Morgan fingerprint density at radius 3 is 3.10 bits per heavy atom. The first kappa shape index (κ1) is 17.0. The summed E-state index contributed by atoms with van der Waals surface area (Å²) in [5.74, 6) is -0.439. The number of rotatable bonds is 8. The van der Waals surface area contributed by atoms with Crippen molar-refractivity contribution in [3.8, 4) is 0 Å². The maximum atomic E-state index is 11.4. The minimum atomic E-state index is -0.439. The van der Waals surface area contributed by atoms with E-state index in [1.54, 1.807) is 30.3 Å². The molecule has 1 heterocycles. The number of aromatic nitrogens is 1. The lowest BCUT2D eigenvalue weighted by molar-refractivity contribution is 0.0594. The first-order valence-corrected chi connectivity index (χ1v) is 7.45. The van der Waals surface area contributed by atoms with Crippen molar-refractivity contribution in [2.24, 2.45) is 0 Å². The van der Waals surface area contributed by atoms with Gasteiger partial charge in [0.05, 0.1) is 7.11 Å². The van der Waals surface area contributed by atoms with E-state index in [0.29, 0.717) is 10.9 Å². The molecule has 0 spiro atoms. The zero-order valence-corrected chi connectivity index (χ0v) is 13.1. The van der Waals surface area contributed by atoms with Gasteiger partial charge in [0.15, 0.2) is 0 Å². The van der Waals surface area contributed by atoms with Crippen LogP contribution in [-0.2, 0) is 4.74 Å². The van der Waals surface area contributed by atoms with Crippen LogP contribution in [0.5, 0.6) is 0 Å². The van der Waals surface area contributed by atoms with Gasteiger partial charge in [0, 0.05) is 17.1 Å². The third-order valence-electron chi connectivity index (χ3n) is 2.47. The molecular weight excluding hydrogens is 284 g/mol. The molecule has 0 bridgehead atoms. The van der Waals surface area contributed by atoms with Crippen LogP contribution < -0.4 is 4.72 Å². The molecule has 0 amide bonds. The summed E-state index contributed by atoms with van der Waals surface area (Å²) in [6.45, 7) is 5.71. The fourth-order valence-corrected chi connectivity index (χ4v) is 2.07. The lowest BCUT2D eigenvalue weighted by Crippen LogP contribution is -2.05. The van der Waals surface area contributed by atoms with Crippen molar-refractivity contribution in [3.05, 3.63) is 61.0 Å². The van der Waals surface area contributed by atoms with Gasteiger partial charge in [-0.05, 0) is 37.4 Å². The standard InChI is InChI=1S/C16H20N2O2S/c1-4-5-6-7-8-9-13(2)21-18-14-10-11-17-15(12-14)16(19)20-3/h4-6,8-13H,1,7H2,2-3H3,(H,17,18)/b6-5?,9-8+. The number of allylic oxidation sites excluding steroid dienone is 4. The Morgan fingerprint density at radius 2 is 2.38 bits per heavy atom. The summed E-state index contributed by atoms with van der Waals surface area (Å²) in [5, 5.41) is 0.303. The van der Waals surface area contributed by atoms with E-state index < -0.39 is 5.97 Å². The lowest BCUT2D eigenvalue weighted by Gasteiger charge is -2.09. The fourth-order valence-electron chi connectivity index (χ4n) is 1.43. The highest BCUT2D eigenvalue weighted by Gasteiger charge is 2.07. The summed E-state index contributed by atoms with van der Waals surface area (Å²) in [4.78, 5) is 15.3. The molecule has 0 aliphatic carbocycles. The number of anilines is 1. The summed E-state index contributed by atoms with van der Waals surface area (Å²) >= 11 is 1.56. The molecule has 0 aliphatic heterocycles. The molecule has 1 aromatic rings. The van der Waals surface area contributed by atoms with Crippen LogP contribution in [0.4, 0.5) is 5.69 Å². The SMILES string of the molecule is C=CC=CC/C=C/C(C)SNc1ccnc(C(=O)OC)c1. The number of nitrogens with zero attached hydrogens (tertiary/aromatic N) is 1. The maximum absolute atomic E-state index is 11.4. The number of carbonyl (C=O) groups excluding carboxylic acids is 1. The number of hydrogen-bond donors (Lipinski definition) is 1. The van der Waals surface area contributed by atoms with Gasteiger partial charge in [0.2, 0.25) is 0 Å². The predicted octanol–water partition coefficient (Wildman–Crippen LogP) is 4.01. The third-order valence-corrected chi connectivity index (χ3v) is 3.35. The third kappa shape index (κ3) is 6.81. The zero-order valence-electron chi connectivity index (χ0n) is 12.3. The highest BCUT2D eigenvalue weighted by Crippen LogP contribution is 2.18. The Hall–Kier alpha value is -2.01. The van der Waals surface area contributed by atoms with Gasteiger partial charge in [-0.3, -0.25) is 0 Å². The molecular formula is C16H20N2O2S. The zero-order chi connectivity index (χ0) is 15.5. The van der Waals surface area contributed by atoms with Gasteiger partial charge in [-0.25, -0.2) is 9.78 Å². The number of nitrogens with one attached hydrogen (secondary N) is 1. The molecule has 1 atom stereocenters. The van der Waals surface area contributed by atoms with E-state index >= 15 is 0 Å². The van der Waals surface area contributed by atoms with Gasteiger partial charge in [-0.1, -0.05) is 37.0 Å². The van der Waals surface area contributed by atoms with Crippen molar-refractivity contribution >= 4 is 23.6 Å². The number of methoxy groups -OCH3 is 1. The van der Waals surface area contributed by atoms with Gasteiger partial charge < -0.3 is 9.46 Å². The van der Waals surface area contributed by atoms with E-state index in [0.717, 1.165) is 12.1 Å². The molecule has 112 valence electrons. The van der Waals surface area contributed by atoms with Gasteiger partial charge in [-0.15, -0.1) is 0 Å². The fraction of sp³-hybridized carbons (Fsp3) is 0.250. The topological polar surface area (TPSA) is 51.2 Å². The molecule has 1 unspecified atom stereocenters. The second-order valence-corrected chi connectivity index (χ2v) is 5.36. The minimum absolute atomic E-state index is 0.292. The van der Waals surface area contributed by atoms with Crippen molar-refractivity contribution in [3.63, 3.8) is 0 Å². The van der Waals surface area contributed by atoms with E-state index in [2.05, 4.69) is 40.1 Å². The second kappa shape index (κ2) is 9.83. The van der Waals surface area contributed by atoms with E-state index in [4.69, 9.17) is 0 Å². The summed E-state index contributed by atoms with van der Waals surface area (Å²) in [5.41, 5.74) is 1.11. The summed E-state index contributed by atoms with van der Waals surface area (Å²) in [6, 6.07) is 3.48. The van der Waals surface area contributed by atoms with Crippen molar-refractivity contribution in [1.29, 1.82) is 0 Å². The van der Waals surface area contributed by atoms with Crippen LogP contribution in [-0.4, -0.2) is 23.3 Å². The van der Waals surface area contributed by atoms with Gasteiger partial charge in [-0.2, -0.15) is 0 Å². The van der Waals surface area contributed by atoms with Crippen LogP contribution in [0.1, 0.15) is 23.8 Å². The smallest absolute Gasteiger partial charge is 0.356 e. The quantitative estimate of drug-likeness (QED) is 0.340. The van der Waals surface area contributed by atoms with E-state index in [1.807, 2.05) is 18.2 Å². The molecule has 1 rings (SSSR count). The summed E-state index contributed by atoms with van der Waals surface area (Å²) < 4.78 is 7.84. The molecule has 0 aromatic carbocycles. The van der Waals surface area contributed by atoms with Crippen LogP contribution >= 0.6 is 11.9 Å². The molecule has 0 saturated heterocycles. The number of esters is 1. The molecule has 1 N–H and O–H groups in total. The van der Waals surface area contributed by atoms with Crippen molar-refractivity contribution in [2.75, 3.05) is 11.8 Å². The predicted molar refractivity (Wildman–Crippen MR) is 89.3 cm³/mol. The van der Waals surface area contributed by atoms with E-state index in [-0.39, 0.29) is 0 Å². The van der Waals surface area contributed by atoms with Crippen LogP contribution in [0, 0.1) is 0 Å². The van der Waals surface area contributed by atoms with Crippen molar-refractivity contribution in [1.82, 2.24) is 4.98 Å². The molecule has 0 aliphatic rings. The largest absolute Gasteiger partial charge is 0.464 e. The molecule has 1 aromatic heterocycles. The van der Waals surface area contributed by atoms with E-state index in [9.17, 15) is 4.79 Å². The van der Waals surface area contributed by atoms with Crippen LogP contribution in [0.3, 0.4) is 0 Å². The Kier molecular flexibility index (Phi) is 7.97. The Balaban J connectivity index is 2.45. The monoisotopic (exact) mass is 304 g/mol. The minimum Gasteiger partial charge on any atom is -0.464 e. The highest BCUT2D eigenvalue weighted by molar-refractivity contribution is 8.01. The van der Waals surface area contributed by atoms with Gasteiger partial charge in [0.25, 0.3) is 0 Å². The van der Waals surface area contributed by atoms with Crippen molar-refractivity contribution in [2.45, 2.75) is 18.6 Å². The molecule has 0 saturated carbocycles. The molecule has 21 heavy (non-hydrogen) atoms. The first-order chi connectivity index (χ1) is 10.2. The second-order valence-electron chi connectivity index (χ2n) is 4.17. The first-order valence-electron chi connectivity index (χ1n) is 6.57. The average Bonchev–Trinajstić information content (AvgIpc) is 2.52. The lowest BCUT2D eigenvalue weighted by atomic mass is 10.3. The number of carbonyl (C=O) groups is 1. The molecule has 0 radical (unpaired) electrons. The van der Waals surface area contributed by atoms with Gasteiger partial charge >= 0.3 is 5.97 Å². The van der Waals surface area contributed by atoms with Crippen LogP contribution in [0.15, 0.2) is 55.3 Å². The van der Waals surface area contributed by atoms with E-state index in [1.165, 1.54) is 7.11 Å². The normalized spacial score (nSPS) is 12.5. The molecule has 5 heteroatoms. The van der Waals surface area contributed by atoms with Crippen LogP contribution in [0.2, 0.25) is 0 Å². The Labute approximate surface area is 130 Å². The molecule has 4 nitrogen and oxygen atoms in total. The maximum Gasteiger partial charge on any atom is 0.356 e. The van der Waals surface area contributed by atoms with Crippen LogP contribution in [0.25, 0.3) is 0 Å². The Bertz CT molecular complexity index is 527. The van der Waals surface area contributed by atoms with Crippen molar-refractivity contribution < 1.29 is 9.53 Å². The average molecular weight is 304 g/mol.